The highest BCUT2D eigenvalue weighted by Gasteiger charge is 2.48. The van der Waals surface area contributed by atoms with Crippen molar-refractivity contribution in [2.45, 2.75) is 32.7 Å². The Hall–Kier alpha value is -2.78. The summed E-state index contributed by atoms with van der Waals surface area (Å²) < 4.78 is 0. The molecular weight excluding hydrogens is 398 g/mol. The average molecular weight is 430 g/mol. The molecule has 0 bridgehead atoms. The van der Waals surface area contributed by atoms with Crippen LogP contribution in [0.15, 0.2) is 98.1 Å². The summed E-state index contributed by atoms with van der Waals surface area (Å²) in [5, 5.41) is 0. The van der Waals surface area contributed by atoms with Gasteiger partial charge in [0, 0.05) is 21.9 Å². The van der Waals surface area contributed by atoms with Crippen LogP contribution in [0.1, 0.15) is 38.3 Å². The Labute approximate surface area is 191 Å². The third-order valence-corrected chi connectivity index (χ3v) is 6.33. The third-order valence-electron chi connectivity index (χ3n) is 5.26. The topological polar surface area (TPSA) is 20.3 Å². The summed E-state index contributed by atoms with van der Waals surface area (Å²) >= 11 is 1.70. The number of benzene rings is 2. The number of carbonyl (C=O) groups excluding carboxylic acids is 1. The molecular formula is C28H31NOS. The molecule has 1 aliphatic heterocycles. The summed E-state index contributed by atoms with van der Waals surface area (Å²) in [5.41, 5.74) is 1.98. The fourth-order valence-electron chi connectivity index (χ4n) is 3.92. The zero-order valence-electron chi connectivity index (χ0n) is 18.7. The Morgan fingerprint density at radius 2 is 1.61 bits per heavy atom. The first-order chi connectivity index (χ1) is 14.8. The van der Waals surface area contributed by atoms with Gasteiger partial charge in [-0.1, -0.05) is 78.9 Å². The average Bonchev–Trinajstić information content (AvgIpc) is 3.05. The Balaban J connectivity index is 2.22. The van der Waals surface area contributed by atoms with Crippen molar-refractivity contribution in [3.63, 3.8) is 0 Å². The molecule has 31 heavy (non-hydrogen) atoms. The monoisotopic (exact) mass is 429 g/mol. The van der Waals surface area contributed by atoms with Crippen LogP contribution >= 0.6 is 11.8 Å². The third kappa shape index (κ3) is 4.94. The van der Waals surface area contributed by atoms with Gasteiger partial charge in [0.25, 0.3) is 0 Å². The molecule has 1 amide bonds. The first-order valence-corrected chi connectivity index (χ1v) is 11.6. The lowest BCUT2D eigenvalue weighted by Crippen LogP contribution is -2.45. The molecule has 1 aliphatic rings. The van der Waals surface area contributed by atoms with E-state index in [4.69, 9.17) is 0 Å². The molecule has 0 N–H and O–H groups in total. The van der Waals surface area contributed by atoms with E-state index in [1.54, 1.807) is 11.8 Å². The molecule has 0 saturated heterocycles. The lowest BCUT2D eigenvalue weighted by molar-refractivity contribution is -0.135. The van der Waals surface area contributed by atoms with E-state index >= 15 is 0 Å². The van der Waals surface area contributed by atoms with Crippen LogP contribution in [-0.4, -0.2) is 22.1 Å². The molecule has 0 spiro atoms. The number of thioether (sulfide) groups is 1. The fraction of sp³-hybridized carbons (Fsp3) is 0.250. The van der Waals surface area contributed by atoms with Gasteiger partial charge in [0.1, 0.15) is 0 Å². The van der Waals surface area contributed by atoms with Gasteiger partial charge >= 0.3 is 0 Å². The molecule has 2 aromatic carbocycles. The second kappa shape index (κ2) is 9.57. The van der Waals surface area contributed by atoms with E-state index in [-0.39, 0.29) is 11.4 Å². The van der Waals surface area contributed by atoms with Crippen molar-refractivity contribution >= 4 is 28.3 Å². The number of nitrogens with zero attached hydrogens (tertiary/aromatic N) is 1. The van der Waals surface area contributed by atoms with Crippen molar-refractivity contribution in [1.29, 1.82) is 0 Å². The number of rotatable bonds is 8. The minimum absolute atomic E-state index is 0.0892. The SMILES string of the molecule is C=CCS/C(=C\C1(CC=C)C=C(c2ccccc2)N(C(C)(C)C)C1=O)c1ccccc1. The lowest BCUT2D eigenvalue weighted by atomic mass is 9.83. The maximum absolute atomic E-state index is 14.0. The normalized spacial score (nSPS) is 19.3. The number of allylic oxidation sites excluding steroid dienone is 1. The van der Waals surface area contributed by atoms with Gasteiger partial charge in [0.05, 0.1) is 5.41 Å². The first kappa shape index (κ1) is 22.9. The highest BCUT2D eigenvalue weighted by Crippen LogP contribution is 2.47. The smallest absolute Gasteiger partial charge is 0.241 e. The van der Waals surface area contributed by atoms with Crippen molar-refractivity contribution in [3.05, 3.63) is 109 Å². The van der Waals surface area contributed by atoms with E-state index in [9.17, 15) is 4.79 Å². The van der Waals surface area contributed by atoms with E-state index < -0.39 is 5.41 Å². The minimum Gasteiger partial charge on any atom is -0.306 e. The highest BCUT2D eigenvalue weighted by molar-refractivity contribution is 8.08. The molecule has 0 fully saturated rings. The molecule has 1 atom stereocenters. The van der Waals surface area contributed by atoms with Crippen molar-refractivity contribution < 1.29 is 4.79 Å². The molecule has 0 radical (unpaired) electrons. The number of carbonyl (C=O) groups is 1. The Kier molecular flexibility index (Phi) is 7.07. The number of hydrogen-bond donors (Lipinski definition) is 0. The number of amides is 1. The fourth-order valence-corrected chi connectivity index (χ4v) is 4.81. The van der Waals surface area contributed by atoms with Crippen LogP contribution in [0, 0.1) is 5.41 Å². The molecule has 2 aromatic rings. The van der Waals surface area contributed by atoms with Gasteiger partial charge in [-0.25, -0.2) is 0 Å². The van der Waals surface area contributed by atoms with E-state index in [0.717, 1.165) is 27.5 Å². The molecule has 3 rings (SSSR count). The quantitative estimate of drug-likeness (QED) is 0.414. The summed E-state index contributed by atoms with van der Waals surface area (Å²) in [7, 11) is 0. The van der Waals surface area contributed by atoms with Crippen LogP contribution in [0.5, 0.6) is 0 Å². The van der Waals surface area contributed by atoms with Crippen molar-refractivity contribution in [1.82, 2.24) is 4.90 Å². The van der Waals surface area contributed by atoms with Crippen molar-refractivity contribution in [2.75, 3.05) is 5.75 Å². The second-order valence-electron chi connectivity index (χ2n) is 8.71. The highest BCUT2D eigenvalue weighted by atomic mass is 32.2. The van der Waals surface area contributed by atoms with Crippen molar-refractivity contribution in [3.8, 4) is 0 Å². The largest absolute Gasteiger partial charge is 0.306 e. The predicted molar refractivity (Wildman–Crippen MR) is 135 cm³/mol. The summed E-state index contributed by atoms with van der Waals surface area (Å²) in [5.74, 6) is 0.864. The van der Waals surface area contributed by atoms with Gasteiger partial charge in [0.2, 0.25) is 5.91 Å². The van der Waals surface area contributed by atoms with Crippen LogP contribution in [0.25, 0.3) is 10.6 Å². The summed E-state index contributed by atoms with van der Waals surface area (Å²) in [6.07, 6.45) is 8.55. The van der Waals surface area contributed by atoms with Crippen molar-refractivity contribution in [2.24, 2.45) is 5.41 Å². The van der Waals surface area contributed by atoms with Crippen LogP contribution < -0.4 is 0 Å². The predicted octanol–water partition coefficient (Wildman–Crippen LogP) is 7.19. The van der Waals surface area contributed by atoms with E-state index in [2.05, 4.69) is 70.3 Å². The first-order valence-electron chi connectivity index (χ1n) is 10.6. The summed E-state index contributed by atoms with van der Waals surface area (Å²) in [4.78, 5) is 17.1. The molecule has 3 heteroatoms. The maximum Gasteiger partial charge on any atom is 0.241 e. The summed E-state index contributed by atoms with van der Waals surface area (Å²) in [6, 6.07) is 20.4. The standard InChI is InChI=1S/C28H31NOS/c1-6-18-28(21-25(31-19-7-2)23-16-12-9-13-17-23)20-24(22-14-10-8-11-15-22)29(26(28)30)27(3,4)5/h6-17,20-21H,1-2,18-19H2,3-5H3/b25-21-. The number of hydrogen-bond acceptors (Lipinski definition) is 2. The molecule has 0 aliphatic carbocycles. The van der Waals surface area contributed by atoms with Crippen LogP contribution in [0.2, 0.25) is 0 Å². The maximum atomic E-state index is 14.0. The molecule has 0 saturated carbocycles. The van der Waals surface area contributed by atoms with Gasteiger partial charge in [0.15, 0.2) is 0 Å². The van der Waals surface area contributed by atoms with Gasteiger partial charge in [-0.05, 0) is 44.4 Å². The van der Waals surface area contributed by atoms with Gasteiger partial charge in [-0.3, -0.25) is 4.79 Å². The molecule has 1 heterocycles. The Bertz CT molecular complexity index is 998. The Morgan fingerprint density at radius 3 is 2.16 bits per heavy atom. The molecule has 160 valence electrons. The zero-order valence-corrected chi connectivity index (χ0v) is 19.5. The van der Waals surface area contributed by atoms with E-state index in [0.29, 0.717) is 6.42 Å². The summed E-state index contributed by atoms with van der Waals surface area (Å²) in [6.45, 7) is 14.1. The molecule has 0 aromatic heterocycles. The molecule has 2 nitrogen and oxygen atoms in total. The lowest BCUT2D eigenvalue weighted by Gasteiger charge is -2.36. The zero-order chi connectivity index (χ0) is 22.5. The molecule has 1 unspecified atom stereocenters. The van der Waals surface area contributed by atoms with Crippen LogP contribution in [0.3, 0.4) is 0 Å². The second-order valence-corrected chi connectivity index (χ2v) is 9.78. The Morgan fingerprint density at radius 1 is 1.00 bits per heavy atom. The van der Waals surface area contributed by atoms with Gasteiger partial charge < -0.3 is 4.90 Å². The van der Waals surface area contributed by atoms with E-state index in [1.165, 1.54) is 0 Å². The van der Waals surface area contributed by atoms with Crippen LogP contribution in [-0.2, 0) is 4.79 Å². The minimum atomic E-state index is -0.778. The van der Waals surface area contributed by atoms with Crippen LogP contribution in [0.4, 0.5) is 0 Å². The van der Waals surface area contributed by atoms with Gasteiger partial charge in [-0.15, -0.1) is 24.9 Å². The van der Waals surface area contributed by atoms with E-state index in [1.807, 2.05) is 53.5 Å². The van der Waals surface area contributed by atoms with Gasteiger partial charge in [-0.2, -0.15) is 0 Å².